The van der Waals surface area contributed by atoms with Gasteiger partial charge in [0, 0.05) is 31.4 Å². The lowest BCUT2D eigenvalue weighted by Crippen LogP contribution is -2.29. The van der Waals surface area contributed by atoms with Crippen LogP contribution in [0.5, 0.6) is 5.75 Å². The standard InChI is InChI=1S/C27H34F3N7O3S/c1-15(2)41(38,39)25-22(14-37(5)35-25)32-24-20(27(28,29)30)13-31-26(34-24)33-21-7-6-18(17-8-10-36(4)11-9-17)19-12-16(3)40-23(19)21/h6-7,13-17H,8-12H2,1-5H3,(H2,31,32,33,34)/t16-/m1/s1. The molecule has 2 N–H and O–H groups in total. The predicted molar refractivity (Wildman–Crippen MR) is 149 cm³/mol. The van der Waals surface area contributed by atoms with Crippen LogP contribution in [0.3, 0.4) is 0 Å². The normalized spacial score (nSPS) is 18.4. The van der Waals surface area contributed by atoms with Crippen LogP contribution in [0, 0.1) is 0 Å². The van der Waals surface area contributed by atoms with Crippen molar-refractivity contribution in [1.29, 1.82) is 0 Å². The van der Waals surface area contributed by atoms with Crippen molar-refractivity contribution in [1.82, 2.24) is 24.6 Å². The highest BCUT2D eigenvalue weighted by molar-refractivity contribution is 7.92. The number of ether oxygens (including phenoxy) is 1. The number of benzene rings is 1. The first-order valence-corrected chi connectivity index (χ1v) is 15.1. The van der Waals surface area contributed by atoms with E-state index in [0.29, 0.717) is 23.6 Å². The summed E-state index contributed by atoms with van der Waals surface area (Å²) in [6.45, 7) is 6.96. The zero-order valence-electron chi connectivity index (χ0n) is 23.6. The molecule has 1 atom stereocenters. The number of fused-ring (bicyclic) bond motifs is 1. The first-order valence-electron chi connectivity index (χ1n) is 13.5. The summed E-state index contributed by atoms with van der Waals surface area (Å²) in [4.78, 5) is 10.4. The lowest BCUT2D eigenvalue weighted by atomic mass is 9.85. The number of aromatic nitrogens is 4. The molecule has 0 aliphatic carbocycles. The van der Waals surface area contributed by atoms with E-state index in [1.807, 2.05) is 13.0 Å². The maximum Gasteiger partial charge on any atom is 0.421 e. The van der Waals surface area contributed by atoms with Crippen molar-refractivity contribution in [3.63, 3.8) is 0 Å². The molecule has 1 aromatic carbocycles. The highest BCUT2D eigenvalue weighted by atomic mass is 32.2. The van der Waals surface area contributed by atoms with Crippen LogP contribution in [0.1, 0.15) is 56.2 Å². The second-order valence-corrected chi connectivity index (χ2v) is 13.5. The molecule has 0 amide bonds. The molecule has 0 spiro atoms. The summed E-state index contributed by atoms with van der Waals surface area (Å²) in [7, 11) is -0.296. The summed E-state index contributed by atoms with van der Waals surface area (Å²) in [5, 5.41) is 8.39. The van der Waals surface area contributed by atoms with E-state index in [4.69, 9.17) is 4.74 Å². The fraction of sp³-hybridized carbons (Fsp3) is 0.519. The number of likely N-dealkylation sites (tertiary alicyclic amines) is 1. The number of aryl methyl sites for hydroxylation is 1. The van der Waals surface area contributed by atoms with Gasteiger partial charge in [0.25, 0.3) is 0 Å². The summed E-state index contributed by atoms with van der Waals surface area (Å²) in [6, 6.07) is 3.91. The minimum Gasteiger partial charge on any atom is -0.488 e. The van der Waals surface area contributed by atoms with Gasteiger partial charge in [0.2, 0.25) is 20.8 Å². The highest BCUT2D eigenvalue weighted by Gasteiger charge is 2.37. The summed E-state index contributed by atoms with van der Waals surface area (Å²) in [6.07, 6.45) is -0.0450. The molecule has 0 saturated carbocycles. The zero-order chi connectivity index (χ0) is 29.7. The van der Waals surface area contributed by atoms with Gasteiger partial charge in [-0.3, -0.25) is 4.68 Å². The van der Waals surface area contributed by atoms with Gasteiger partial charge >= 0.3 is 6.18 Å². The topological polar surface area (TPSA) is 114 Å². The van der Waals surface area contributed by atoms with Crippen LogP contribution < -0.4 is 15.4 Å². The average molecular weight is 594 g/mol. The van der Waals surface area contributed by atoms with E-state index in [2.05, 4.69) is 43.7 Å². The van der Waals surface area contributed by atoms with Gasteiger partial charge < -0.3 is 20.3 Å². The maximum absolute atomic E-state index is 13.9. The average Bonchev–Trinajstić information content (AvgIpc) is 3.46. The smallest absolute Gasteiger partial charge is 0.421 e. The Morgan fingerprint density at radius 2 is 1.80 bits per heavy atom. The quantitative estimate of drug-likeness (QED) is 0.389. The third-order valence-corrected chi connectivity index (χ3v) is 9.63. The fourth-order valence-corrected chi connectivity index (χ4v) is 6.40. The fourth-order valence-electron chi connectivity index (χ4n) is 5.30. The molecule has 1 fully saturated rings. The van der Waals surface area contributed by atoms with Crippen molar-refractivity contribution in [2.24, 2.45) is 7.05 Å². The third kappa shape index (κ3) is 5.85. The van der Waals surface area contributed by atoms with Gasteiger partial charge in [-0.1, -0.05) is 6.07 Å². The molecule has 2 aliphatic rings. The summed E-state index contributed by atoms with van der Waals surface area (Å²) in [5.74, 6) is 0.369. The van der Waals surface area contributed by atoms with Crippen LogP contribution in [0.15, 0.2) is 29.6 Å². The van der Waals surface area contributed by atoms with E-state index in [9.17, 15) is 21.6 Å². The number of sulfone groups is 1. The van der Waals surface area contributed by atoms with Gasteiger partial charge in [-0.15, -0.1) is 0 Å². The largest absolute Gasteiger partial charge is 0.488 e. The van der Waals surface area contributed by atoms with E-state index in [1.54, 1.807) is 0 Å². The maximum atomic E-state index is 13.9. The van der Waals surface area contributed by atoms with Gasteiger partial charge in [0.15, 0.2) is 0 Å². The van der Waals surface area contributed by atoms with Crippen LogP contribution in [0.4, 0.5) is 36.3 Å². The number of hydrogen-bond donors (Lipinski definition) is 2. The second kappa shape index (κ2) is 10.8. The highest BCUT2D eigenvalue weighted by Crippen LogP contribution is 2.44. The molecule has 222 valence electrons. The molecule has 3 aromatic rings. The minimum absolute atomic E-state index is 0.0457. The zero-order valence-corrected chi connectivity index (χ0v) is 24.4. The number of piperidine rings is 1. The Morgan fingerprint density at radius 3 is 2.46 bits per heavy atom. The number of anilines is 4. The van der Waals surface area contributed by atoms with Crippen LogP contribution in [-0.2, 0) is 29.5 Å². The summed E-state index contributed by atoms with van der Waals surface area (Å²) >= 11 is 0. The van der Waals surface area contributed by atoms with Gasteiger partial charge in [-0.2, -0.15) is 23.3 Å². The molecule has 4 heterocycles. The molecule has 2 aliphatic heterocycles. The van der Waals surface area contributed by atoms with Gasteiger partial charge in [-0.05, 0) is 71.3 Å². The van der Waals surface area contributed by atoms with Gasteiger partial charge in [0.05, 0.1) is 16.6 Å². The Bertz CT molecular complexity index is 1550. The number of halogens is 3. The molecule has 2 aromatic heterocycles. The number of nitrogens with one attached hydrogen (secondary N) is 2. The monoisotopic (exact) mass is 593 g/mol. The second-order valence-electron chi connectivity index (χ2n) is 11.0. The minimum atomic E-state index is -4.80. The Labute approximate surface area is 237 Å². The van der Waals surface area contributed by atoms with Crippen molar-refractivity contribution in [3.8, 4) is 5.75 Å². The van der Waals surface area contributed by atoms with Crippen molar-refractivity contribution >= 4 is 33.0 Å². The molecule has 41 heavy (non-hydrogen) atoms. The van der Waals surface area contributed by atoms with E-state index < -0.39 is 32.6 Å². The number of alkyl halides is 3. The SMILES string of the molecule is CC(C)S(=O)(=O)c1nn(C)cc1Nc1nc(Nc2ccc(C3CCN(C)CC3)c3c2O[C@H](C)C3)ncc1C(F)(F)F. The molecule has 0 radical (unpaired) electrons. The Hall–Kier alpha value is -3.39. The number of rotatable bonds is 7. The third-order valence-electron chi connectivity index (χ3n) is 7.54. The predicted octanol–water partition coefficient (Wildman–Crippen LogP) is 5.03. The van der Waals surface area contributed by atoms with Crippen molar-refractivity contribution in [2.45, 2.75) is 68.5 Å². The molecule has 14 heteroatoms. The molecule has 0 unspecified atom stereocenters. The molecule has 1 saturated heterocycles. The molecule has 5 rings (SSSR count). The van der Waals surface area contributed by atoms with Gasteiger partial charge in [-0.25, -0.2) is 13.4 Å². The number of nitrogens with zero attached hydrogens (tertiary/aromatic N) is 5. The van der Waals surface area contributed by atoms with Crippen LogP contribution in [0.25, 0.3) is 0 Å². The van der Waals surface area contributed by atoms with Crippen LogP contribution in [-0.4, -0.2) is 64.6 Å². The van der Waals surface area contributed by atoms with E-state index in [1.165, 1.54) is 37.3 Å². The summed E-state index contributed by atoms with van der Waals surface area (Å²) in [5.41, 5.74) is 1.64. The first kappa shape index (κ1) is 29.1. The molecule has 0 bridgehead atoms. The van der Waals surface area contributed by atoms with Crippen LogP contribution >= 0.6 is 0 Å². The Kier molecular flexibility index (Phi) is 7.66. The van der Waals surface area contributed by atoms with E-state index >= 15 is 0 Å². The Morgan fingerprint density at radius 1 is 1.10 bits per heavy atom. The molecule has 10 nitrogen and oxygen atoms in total. The van der Waals surface area contributed by atoms with E-state index in [0.717, 1.165) is 37.9 Å². The Balaban J connectivity index is 1.50. The van der Waals surface area contributed by atoms with Crippen molar-refractivity contribution in [2.75, 3.05) is 30.8 Å². The lowest BCUT2D eigenvalue weighted by Gasteiger charge is -2.30. The first-order chi connectivity index (χ1) is 19.2. The van der Waals surface area contributed by atoms with Crippen LogP contribution in [0.2, 0.25) is 0 Å². The van der Waals surface area contributed by atoms with E-state index in [-0.39, 0.29) is 22.8 Å². The molecular formula is C27H34F3N7O3S. The lowest BCUT2D eigenvalue weighted by molar-refractivity contribution is -0.137. The number of hydrogen-bond acceptors (Lipinski definition) is 9. The van der Waals surface area contributed by atoms with Crippen molar-refractivity contribution < 1.29 is 26.3 Å². The van der Waals surface area contributed by atoms with Gasteiger partial charge in [0.1, 0.15) is 23.2 Å². The molecular weight excluding hydrogens is 559 g/mol. The van der Waals surface area contributed by atoms with Crippen molar-refractivity contribution in [3.05, 3.63) is 41.2 Å². The summed E-state index contributed by atoms with van der Waals surface area (Å²) < 4.78 is 74.9.